The number of ether oxygens (including phenoxy) is 1. The Balaban J connectivity index is 1.87. The molecule has 21 heavy (non-hydrogen) atoms. The van der Waals surface area contributed by atoms with Crippen LogP contribution in [-0.2, 0) is 10.2 Å². The Morgan fingerprint density at radius 1 is 1.48 bits per heavy atom. The lowest BCUT2D eigenvalue weighted by atomic mass is 9.77. The van der Waals surface area contributed by atoms with Crippen LogP contribution in [0.5, 0.6) is 0 Å². The van der Waals surface area contributed by atoms with E-state index in [4.69, 9.17) is 4.74 Å². The van der Waals surface area contributed by atoms with E-state index in [0.29, 0.717) is 10.6 Å². The van der Waals surface area contributed by atoms with E-state index in [9.17, 15) is 10.1 Å². The maximum atomic E-state index is 11.9. The van der Waals surface area contributed by atoms with Crippen LogP contribution in [0.15, 0.2) is 4.21 Å². The van der Waals surface area contributed by atoms with Crippen molar-refractivity contribution in [2.24, 2.45) is 0 Å². The zero-order valence-corrected chi connectivity index (χ0v) is 13.8. The molecule has 0 saturated carbocycles. The first-order chi connectivity index (χ1) is 9.85. The van der Waals surface area contributed by atoms with Crippen molar-refractivity contribution in [3.63, 3.8) is 0 Å². The summed E-state index contributed by atoms with van der Waals surface area (Å²) in [6.45, 7) is 7.26. The highest BCUT2D eigenvalue weighted by atomic mass is 32.2. The zero-order chi connectivity index (χ0) is 15.3. The van der Waals surface area contributed by atoms with Crippen LogP contribution in [0.3, 0.4) is 0 Å². The number of nitrogens with zero attached hydrogens (tertiary/aromatic N) is 1. The number of thioether (sulfide) groups is 1. The molecule has 0 bridgehead atoms. The first kappa shape index (κ1) is 14.7. The van der Waals surface area contributed by atoms with E-state index in [1.54, 1.807) is 11.8 Å². The molecule has 1 saturated heterocycles. The molecule has 1 fully saturated rings. The molecule has 7 heteroatoms. The van der Waals surface area contributed by atoms with E-state index >= 15 is 0 Å². The van der Waals surface area contributed by atoms with Gasteiger partial charge in [0.15, 0.2) is 0 Å². The van der Waals surface area contributed by atoms with Crippen LogP contribution < -0.4 is 10.6 Å². The van der Waals surface area contributed by atoms with Gasteiger partial charge in [-0.2, -0.15) is 5.26 Å². The molecule has 3 rings (SSSR count). The molecule has 2 aliphatic rings. The van der Waals surface area contributed by atoms with Gasteiger partial charge in [0.25, 0.3) is 0 Å². The van der Waals surface area contributed by atoms with E-state index in [0.717, 1.165) is 28.6 Å². The summed E-state index contributed by atoms with van der Waals surface area (Å²) in [5, 5.41) is 16.1. The number of rotatable bonds is 1. The second kappa shape index (κ2) is 4.90. The molecule has 2 N–H and O–H groups in total. The summed E-state index contributed by atoms with van der Waals surface area (Å²) in [5.74, 6) is 1.02. The van der Waals surface area contributed by atoms with Gasteiger partial charge in [-0.3, -0.25) is 5.32 Å². The number of thiophene rings is 1. The second-order valence-corrected chi connectivity index (χ2v) is 8.64. The number of hydrogen-bond donors (Lipinski definition) is 2. The molecule has 2 aliphatic heterocycles. The zero-order valence-electron chi connectivity index (χ0n) is 12.2. The van der Waals surface area contributed by atoms with Crippen molar-refractivity contribution >= 4 is 34.2 Å². The summed E-state index contributed by atoms with van der Waals surface area (Å²) < 4.78 is 6.41. The first-order valence-electron chi connectivity index (χ1n) is 6.75. The van der Waals surface area contributed by atoms with Crippen LogP contribution in [0.4, 0.5) is 9.80 Å². The summed E-state index contributed by atoms with van der Waals surface area (Å²) in [4.78, 5) is 11.9. The number of amides is 1. The average Bonchev–Trinajstić information content (AvgIpc) is 2.81. The van der Waals surface area contributed by atoms with Gasteiger partial charge < -0.3 is 10.1 Å². The highest BCUT2D eigenvalue weighted by Gasteiger charge is 2.48. The number of hydrogen-bond acceptors (Lipinski definition) is 6. The van der Waals surface area contributed by atoms with Crippen molar-refractivity contribution in [3.05, 3.63) is 11.1 Å². The molecule has 0 aromatic carbocycles. The SMILES string of the molecule is CC(C)(C)OC(=O)Nc1sc2c(c1C#N)C1(CNC1)CS2. The molecule has 0 radical (unpaired) electrons. The van der Waals surface area contributed by atoms with Gasteiger partial charge >= 0.3 is 6.09 Å². The number of nitriles is 1. The Kier molecular flexibility index (Phi) is 3.43. The molecule has 0 unspecified atom stereocenters. The van der Waals surface area contributed by atoms with Gasteiger partial charge in [-0.1, -0.05) is 0 Å². The number of carbonyl (C=O) groups is 1. The largest absolute Gasteiger partial charge is 0.444 e. The topological polar surface area (TPSA) is 74.1 Å². The lowest BCUT2D eigenvalue weighted by Crippen LogP contribution is -2.57. The molecular formula is C14H17N3O2S2. The smallest absolute Gasteiger partial charge is 0.412 e. The molecule has 3 heterocycles. The van der Waals surface area contributed by atoms with Crippen LogP contribution in [0.2, 0.25) is 0 Å². The molecular weight excluding hydrogens is 306 g/mol. The number of anilines is 1. The van der Waals surface area contributed by atoms with Crippen LogP contribution in [0.1, 0.15) is 31.9 Å². The molecule has 1 aromatic heterocycles. The fourth-order valence-corrected chi connectivity index (χ4v) is 5.44. The minimum Gasteiger partial charge on any atom is -0.444 e. The average molecular weight is 323 g/mol. The third-order valence-corrected chi connectivity index (χ3v) is 6.21. The predicted octanol–water partition coefficient (Wildman–Crippen LogP) is 2.91. The van der Waals surface area contributed by atoms with E-state index in [-0.39, 0.29) is 5.41 Å². The van der Waals surface area contributed by atoms with Crippen LogP contribution in [0.25, 0.3) is 0 Å². The number of fused-ring (bicyclic) bond motifs is 2. The monoisotopic (exact) mass is 323 g/mol. The van der Waals surface area contributed by atoms with Crippen molar-refractivity contribution < 1.29 is 9.53 Å². The summed E-state index contributed by atoms with van der Waals surface area (Å²) >= 11 is 3.26. The first-order valence-corrected chi connectivity index (χ1v) is 8.56. The molecule has 1 aromatic rings. The Morgan fingerprint density at radius 3 is 2.71 bits per heavy atom. The van der Waals surface area contributed by atoms with Crippen LogP contribution in [0, 0.1) is 11.3 Å². The van der Waals surface area contributed by atoms with Crippen LogP contribution >= 0.6 is 23.1 Å². The van der Waals surface area contributed by atoms with Crippen molar-refractivity contribution in [2.75, 3.05) is 24.2 Å². The second-order valence-electron chi connectivity index (χ2n) is 6.38. The minimum atomic E-state index is -0.551. The van der Waals surface area contributed by atoms with E-state index in [1.165, 1.54) is 11.3 Å². The van der Waals surface area contributed by atoms with Gasteiger partial charge in [-0.05, 0) is 20.8 Å². The van der Waals surface area contributed by atoms with E-state index in [1.807, 2.05) is 20.8 Å². The fourth-order valence-electron chi connectivity index (χ4n) is 2.57. The summed E-state index contributed by atoms with van der Waals surface area (Å²) in [6, 6.07) is 2.27. The summed E-state index contributed by atoms with van der Waals surface area (Å²) in [6.07, 6.45) is -0.510. The molecule has 0 atom stereocenters. The van der Waals surface area contributed by atoms with Gasteiger partial charge in [0, 0.05) is 29.8 Å². The molecule has 112 valence electrons. The van der Waals surface area contributed by atoms with Crippen molar-refractivity contribution in [1.29, 1.82) is 5.26 Å². The summed E-state index contributed by atoms with van der Waals surface area (Å²) in [7, 11) is 0. The Bertz CT molecular complexity index is 636. The van der Waals surface area contributed by atoms with Gasteiger partial charge in [0.2, 0.25) is 0 Å². The third-order valence-electron chi connectivity index (χ3n) is 3.54. The van der Waals surface area contributed by atoms with Gasteiger partial charge in [0.05, 0.1) is 9.77 Å². The van der Waals surface area contributed by atoms with E-state index < -0.39 is 11.7 Å². The lowest BCUT2D eigenvalue weighted by molar-refractivity contribution is 0.0636. The van der Waals surface area contributed by atoms with Gasteiger partial charge in [-0.25, -0.2) is 4.79 Å². The normalized spacial score (nSPS) is 18.8. The third kappa shape index (κ3) is 2.52. The van der Waals surface area contributed by atoms with Crippen molar-refractivity contribution in [1.82, 2.24) is 5.32 Å². The van der Waals surface area contributed by atoms with Crippen molar-refractivity contribution in [3.8, 4) is 6.07 Å². The predicted molar refractivity (Wildman–Crippen MR) is 84.2 cm³/mol. The summed E-state index contributed by atoms with van der Waals surface area (Å²) in [5.41, 5.74) is 1.25. The molecule has 5 nitrogen and oxygen atoms in total. The lowest BCUT2D eigenvalue weighted by Gasteiger charge is -2.39. The Morgan fingerprint density at radius 2 is 2.19 bits per heavy atom. The Labute approximate surface area is 132 Å². The Hall–Kier alpha value is -1.23. The van der Waals surface area contributed by atoms with Crippen LogP contribution in [-0.4, -0.2) is 30.5 Å². The maximum absolute atomic E-state index is 11.9. The van der Waals surface area contributed by atoms with Gasteiger partial charge in [0.1, 0.15) is 16.7 Å². The maximum Gasteiger partial charge on any atom is 0.412 e. The molecule has 1 spiro atoms. The van der Waals surface area contributed by atoms with Crippen molar-refractivity contribution in [2.45, 2.75) is 36.0 Å². The quantitative estimate of drug-likeness (QED) is 0.831. The standard InChI is InChI=1S/C14H17N3O2S2/c1-13(2,3)19-12(18)17-10-8(4-15)9-11(21-10)20-7-14(9)5-16-6-14/h16H,5-7H2,1-3H3,(H,17,18). The van der Waals surface area contributed by atoms with E-state index in [2.05, 4.69) is 16.7 Å². The van der Waals surface area contributed by atoms with Gasteiger partial charge in [-0.15, -0.1) is 23.1 Å². The highest BCUT2D eigenvalue weighted by molar-refractivity contribution is 8.01. The molecule has 1 amide bonds. The molecule has 0 aliphatic carbocycles. The fraction of sp³-hybridized carbons (Fsp3) is 0.571. The minimum absolute atomic E-state index is 0.0788. The number of carbonyl (C=O) groups excluding carboxylic acids is 1. The highest BCUT2D eigenvalue weighted by Crippen LogP contribution is 2.54. The number of nitrogens with one attached hydrogen (secondary N) is 2.